The van der Waals surface area contributed by atoms with Gasteiger partial charge in [-0.1, -0.05) is 0 Å². The number of amides is 1. The Morgan fingerprint density at radius 1 is 1.36 bits per heavy atom. The summed E-state index contributed by atoms with van der Waals surface area (Å²) in [7, 11) is 0. The number of anilines is 1. The minimum absolute atomic E-state index is 0.0904. The quantitative estimate of drug-likeness (QED) is 0.929. The summed E-state index contributed by atoms with van der Waals surface area (Å²) in [5, 5.41) is 14.9. The van der Waals surface area contributed by atoms with Crippen molar-refractivity contribution in [1.82, 2.24) is 0 Å². The summed E-state index contributed by atoms with van der Waals surface area (Å²) >= 11 is 1.36. The number of nitrogens with zero attached hydrogens (tertiary/aromatic N) is 1. The van der Waals surface area contributed by atoms with Crippen LogP contribution in [0.15, 0.2) is 35.0 Å². The summed E-state index contributed by atoms with van der Waals surface area (Å²) in [6, 6.07) is 7.22. The monoisotopic (exact) mass is 326 g/mol. The summed E-state index contributed by atoms with van der Waals surface area (Å²) < 4.78 is 40.9. The highest BCUT2D eigenvalue weighted by Crippen LogP contribution is 2.25. The number of ether oxygens (including phenoxy) is 1. The molecule has 0 fully saturated rings. The normalized spacial score (nSPS) is 10.8. The number of nitriles is 1. The van der Waals surface area contributed by atoms with Crippen molar-refractivity contribution in [2.75, 3.05) is 11.9 Å². The fourth-order valence-corrected chi connectivity index (χ4v) is 2.21. The Morgan fingerprint density at radius 3 is 2.73 bits per heavy atom. The van der Waals surface area contributed by atoms with Gasteiger partial charge in [-0.25, -0.2) is 0 Å². The molecular weight excluding hydrogens is 317 g/mol. The van der Waals surface area contributed by atoms with E-state index in [0.717, 1.165) is 0 Å². The molecule has 0 aliphatic carbocycles. The van der Waals surface area contributed by atoms with Crippen molar-refractivity contribution in [2.24, 2.45) is 0 Å². The van der Waals surface area contributed by atoms with Gasteiger partial charge in [-0.3, -0.25) is 4.79 Å². The maximum Gasteiger partial charge on any atom is 0.422 e. The van der Waals surface area contributed by atoms with Gasteiger partial charge in [0.25, 0.3) is 5.91 Å². The minimum Gasteiger partial charge on any atom is -0.483 e. The fourth-order valence-electron chi connectivity index (χ4n) is 1.58. The van der Waals surface area contributed by atoms with Crippen LogP contribution in [0.3, 0.4) is 0 Å². The molecule has 0 bridgehead atoms. The molecule has 2 rings (SSSR count). The Hall–Kier alpha value is -2.53. The van der Waals surface area contributed by atoms with Crippen molar-refractivity contribution in [3.8, 4) is 11.8 Å². The van der Waals surface area contributed by atoms with E-state index in [-0.39, 0.29) is 17.2 Å². The summed E-state index contributed by atoms with van der Waals surface area (Å²) in [4.78, 5) is 11.8. The zero-order valence-corrected chi connectivity index (χ0v) is 11.8. The lowest BCUT2D eigenvalue weighted by atomic mass is 10.2. The van der Waals surface area contributed by atoms with E-state index in [4.69, 9.17) is 5.26 Å². The molecule has 1 aromatic carbocycles. The second kappa shape index (κ2) is 6.49. The van der Waals surface area contributed by atoms with Crippen LogP contribution in [0, 0.1) is 11.3 Å². The van der Waals surface area contributed by atoms with Gasteiger partial charge in [0.15, 0.2) is 6.61 Å². The average molecular weight is 326 g/mol. The molecule has 0 radical (unpaired) electrons. The summed E-state index contributed by atoms with van der Waals surface area (Å²) in [6.45, 7) is -1.48. The Balaban J connectivity index is 2.12. The van der Waals surface area contributed by atoms with Crippen LogP contribution in [0.5, 0.6) is 5.75 Å². The SMILES string of the molecule is N#Cc1cc(NC(=O)c2ccsc2)ccc1OCC(F)(F)F. The van der Waals surface area contributed by atoms with Gasteiger partial charge in [-0.2, -0.15) is 29.8 Å². The predicted molar refractivity (Wildman–Crippen MR) is 75.0 cm³/mol. The van der Waals surface area contributed by atoms with Crippen molar-refractivity contribution in [1.29, 1.82) is 5.26 Å². The highest BCUT2D eigenvalue weighted by atomic mass is 32.1. The highest BCUT2D eigenvalue weighted by Gasteiger charge is 2.28. The third kappa shape index (κ3) is 4.23. The lowest BCUT2D eigenvalue weighted by Gasteiger charge is -2.11. The van der Waals surface area contributed by atoms with Gasteiger partial charge in [0, 0.05) is 11.1 Å². The first-order valence-corrected chi connectivity index (χ1v) is 6.90. The van der Waals surface area contributed by atoms with E-state index in [1.165, 1.54) is 29.5 Å². The maximum atomic E-state index is 12.1. The molecule has 22 heavy (non-hydrogen) atoms. The lowest BCUT2D eigenvalue weighted by molar-refractivity contribution is -0.153. The molecule has 0 atom stereocenters. The smallest absolute Gasteiger partial charge is 0.422 e. The van der Waals surface area contributed by atoms with Gasteiger partial charge in [0.2, 0.25) is 0 Å². The lowest BCUT2D eigenvalue weighted by Crippen LogP contribution is -2.19. The zero-order valence-electron chi connectivity index (χ0n) is 11.0. The molecule has 1 N–H and O–H groups in total. The number of benzene rings is 1. The van der Waals surface area contributed by atoms with Gasteiger partial charge < -0.3 is 10.1 Å². The van der Waals surface area contributed by atoms with Crippen LogP contribution in [-0.2, 0) is 0 Å². The molecule has 0 saturated carbocycles. The molecule has 2 aromatic rings. The standard InChI is InChI=1S/C14H9F3N2O2S/c15-14(16,17)8-21-12-2-1-11(5-10(12)6-18)19-13(20)9-3-4-22-7-9/h1-5,7H,8H2,(H,19,20). The first-order valence-electron chi connectivity index (χ1n) is 5.96. The molecule has 4 nitrogen and oxygen atoms in total. The van der Waals surface area contributed by atoms with Crippen LogP contribution in [-0.4, -0.2) is 18.7 Å². The van der Waals surface area contributed by atoms with Gasteiger partial charge in [0.05, 0.1) is 11.1 Å². The van der Waals surface area contributed by atoms with Crippen molar-refractivity contribution in [2.45, 2.75) is 6.18 Å². The minimum atomic E-state index is -4.49. The van der Waals surface area contributed by atoms with Gasteiger partial charge >= 0.3 is 6.18 Å². The van der Waals surface area contributed by atoms with Crippen molar-refractivity contribution >= 4 is 22.9 Å². The number of carbonyl (C=O) groups is 1. The predicted octanol–water partition coefficient (Wildman–Crippen LogP) is 3.81. The van der Waals surface area contributed by atoms with Gasteiger partial charge in [0.1, 0.15) is 11.8 Å². The van der Waals surface area contributed by atoms with Crippen molar-refractivity contribution in [3.63, 3.8) is 0 Å². The molecule has 8 heteroatoms. The molecule has 0 spiro atoms. The van der Waals surface area contributed by atoms with E-state index < -0.39 is 12.8 Å². The second-order valence-corrected chi connectivity index (χ2v) is 4.97. The highest BCUT2D eigenvalue weighted by molar-refractivity contribution is 7.08. The second-order valence-electron chi connectivity index (χ2n) is 4.19. The van der Waals surface area contributed by atoms with Crippen LogP contribution in [0.2, 0.25) is 0 Å². The molecule has 114 valence electrons. The third-order valence-electron chi connectivity index (χ3n) is 2.53. The number of thiophene rings is 1. The molecule has 1 heterocycles. The number of hydrogen-bond donors (Lipinski definition) is 1. The number of halogens is 3. The van der Waals surface area contributed by atoms with Crippen LogP contribution >= 0.6 is 11.3 Å². The summed E-state index contributed by atoms with van der Waals surface area (Å²) in [6.07, 6.45) is -4.49. The van der Waals surface area contributed by atoms with Gasteiger partial charge in [-0.15, -0.1) is 0 Å². The fraction of sp³-hybridized carbons (Fsp3) is 0.143. The third-order valence-corrected chi connectivity index (χ3v) is 3.22. The first-order chi connectivity index (χ1) is 10.4. The van der Waals surface area contributed by atoms with Crippen molar-refractivity contribution < 1.29 is 22.7 Å². The zero-order chi connectivity index (χ0) is 16.2. The van der Waals surface area contributed by atoms with E-state index >= 15 is 0 Å². The number of rotatable bonds is 4. The number of nitrogens with one attached hydrogen (secondary N) is 1. The Bertz CT molecular complexity index is 706. The van der Waals surface area contributed by atoms with E-state index in [1.807, 2.05) is 0 Å². The van der Waals surface area contributed by atoms with Crippen molar-refractivity contribution in [3.05, 3.63) is 46.2 Å². The van der Waals surface area contributed by atoms with E-state index in [1.54, 1.807) is 22.9 Å². The maximum absolute atomic E-state index is 12.1. The number of alkyl halides is 3. The van der Waals surface area contributed by atoms with Crippen LogP contribution in [0.25, 0.3) is 0 Å². The molecule has 1 aromatic heterocycles. The van der Waals surface area contributed by atoms with Crippen LogP contribution < -0.4 is 10.1 Å². The summed E-state index contributed by atoms with van der Waals surface area (Å²) in [5.41, 5.74) is 0.667. The van der Waals surface area contributed by atoms with E-state index in [2.05, 4.69) is 10.1 Å². The largest absolute Gasteiger partial charge is 0.483 e. The van der Waals surface area contributed by atoms with E-state index in [9.17, 15) is 18.0 Å². The first kappa shape index (κ1) is 15.9. The summed E-state index contributed by atoms with van der Waals surface area (Å²) in [5.74, 6) is -0.553. The molecule has 0 aliphatic rings. The molecule has 1 amide bonds. The Kier molecular flexibility index (Phi) is 4.68. The topological polar surface area (TPSA) is 62.1 Å². The molecule has 0 saturated heterocycles. The van der Waals surface area contributed by atoms with Crippen LogP contribution in [0.4, 0.5) is 18.9 Å². The number of carbonyl (C=O) groups excluding carboxylic acids is 1. The number of hydrogen-bond acceptors (Lipinski definition) is 4. The molecular formula is C14H9F3N2O2S. The van der Waals surface area contributed by atoms with Gasteiger partial charge in [-0.05, 0) is 29.6 Å². The Morgan fingerprint density at radius 2 is 2.14 bits per heavy atom. The molecule has 0 unspecified atom stereocenters. The Labute approximate surface area is 127 Å². The van der Waals surface area contributed by atoms with E-state index in [0.29, 0.717) is 11.3 Å². The van der Waals surface area contributed by atoms with Crippen LogP contribution in [0.1, 0.15) is 15.9 Å². The average Bonchev–Trinajstić information content (AvgIpc) is 2.99. The molecule has 0 aliphatic heterocycles.